The lowest BCUT2D eigenvalue weighted by atomic mass is 10.0. The van der Waals surface area contributed by atoms with Crippen LogP contribution in [0, 0.1) is 0 Å². The number of carbonyl (C=O) groups is 6. The van der Waals surface area contributed by atoms with Gasteiger partial charge in [-0.1, -0.05) is 80.4 Å². The maximum absolute atomic E-state index is 12.2. The van der Waals surface area contributed by atoms with Gasteiger partial charge in [0.1, 0.15) is 12.6 Å². The van der Waals surface area contributed by atoms with Crippen molar-refractivity contribution in [2.24, 2.45) is 0 Å². The monoisotopic (exact) mass is 800 g/mol. The van der Waals surface area contributed by atoms with Gasteiger partial charge in [0.05, 0.1) is 37.5 Å². The van der Waals surface area contributed by atoms with Gasteiger partial charge in [0.25, 0.3) is 0 Å². The standard InChI is InChI=1S/C32H57IN4O11/c33-24-29(40)35-17-19-46-20-18-36-30(41)25-48-23-22-47-21-16-34-27(38)15-14-26(32(44)45)37-28(39)12-10-8-6-4-2-1-3-5-7-9-11-13-31(42)43/h26H,1-25H2,(H,34,38)(H,35,40)(H,36,41)(H,37,39)(H,42,43)(H,44,45)/t26-/m1/s1. The smallest absolute Gasteiger partial charge is 0.326 e. The molecule has 0 unspecified atom stereocenters. The second-order valence-electron chi connectivity index (χ2n) is 11.2. The molecule has 6 N–H and O–H groups in total. The van der Waals surface area contributed by atoms with Crippen LogP contribution in [0.1, 0.15) is 96.3 Å². The zero-order valence-corrected chi connectivity index (χ0v) is 30.4. The number of hydrogen-bond acceptors (Lipinski definition) is 9. The Morgan fingerprint density at radius 3 is 1.50 bits per heavy atom. The molecule has 0 aromatic rings. The van der Waals surface area contributed by atoms with E-state index >= 15 is 0 Å². The number of rotatable bonds is 34. The summed E-state index contributed by atoms with van der Waals surface area (Å²) >= 11 is 1.97. The maximum atomic E-state index is 12.2. The van der Waals surface area contributed by atoms with Crippen molar-refractivity contribution in [3.63, 3.8) is 0 Å². The largest absolute Gasteiger partial charge is 0.481 e. The van der Waals surface area contributed by atoms with E-state index in [1.165, 1.54) is 0 Å². The second kappa shape index (κ2) is 33.0. The van der Waals surface area contributed by atoms with Crippen LogP contribution in [-0.2, 0) is 43.0 Å². The topological polar surface area (TPSA) is 219 Å². The fraction of sp³-hybridized carbons (Fsp3) is 0.812. The summed E-state index contributed by atoms with van der Waals surface area (Å²) in [6.45, 7) is 2.13. The highest BCUT2D eigenvalue weighted by Crippen LogP contribution is 2.12. The minimum absolute atomic E-state index is 0.0216. The van der Waals surface area contributed by atoms with E-state index in [0.29, 0.717) is 37.2 Å². The van der Waals surface area contributed by atoms with Crippen molar-refractivity contribution in [2.75, 3.05) is 63.7 Å². The molecule has 0 aliphatic carbocycles. The summed E-state index contributed by atoms with van der Waals surface area (Å²) in [6, 6.07) is -1.13. The van der Waals surface area contributed by atoms with Crippen molar-refractivity contribution in [2.45, 2.75) is 102 Å². The Morgan fingerprint density at radius 1 is 0.521 bits per heavy atom. The van der Waals surface area contributed by atoms with Gasteiger partial charge in [-0.15, -0.1) is 0 Å². The molecular formula is C32H57IN4O11. The van der Waals surface area contributed by atoms with E-state index in [1.807, 2.05) is 22.6 Å². The molecule has 0 bridgehead atoms. The Labute approximate surface area is 297 Å². The number of carboxylic acids is 2. The lowest BCUT2D eigenvalue weighted by molar-refractivity contribution is -0.142. The number of unbranched alkanes of at least 4 members (excludes halogenated alkanes) is 10. The van der Waals surface area contributed by atoms with Gasteiger partial charge in [-0.2, -0.15) is 0 Å². The minimum atomic E-state index is -1.18. The summed E-state index contributed by atoms with van der Waals surface area (Å²) in [6.07, 6.45) is 11.4. The number of ether oxygens (including phenoxy) is 3. The summed E-state index contributed by atoms with van der Waals surface area (Å²) in [4.78, 5) is 69.2. The Bertz CT molecular complexity index is 911. The molecule has 278 valence electrons. The average molecular weight is 801 g/mol. The highest BCUT2D eigenvalue weighted by Gasteiger charge is 2.20. The molecule has 0 radical (unpaired) electrons. The molecule has 16 heteroatoms. The summed E-state index contributed by atoms with van der Waals surface area (Å²) in [5.74, 6) is -2.95. The van der Waals surface area contributed by atoms with Gasteiger partial charge in [0.2, 0.25) is 23.6 Å². The number of amides is 4. The zero-order chi connectivity index (χ0) is 35.7. The van der Waals surface area contributed by atoms with E-state index in [0.717, 1.165) is 64.2 Å². The number of aliphatic carboxylic acids is 2. The van der Waals surface area contributed by atoms with Crippen molar-refractivity contribution < 1.29 is 53.2 Å². The van der Waals surface area contributed by atoms with Crippen LogP contribution in [0.15, 0.2) is 0 Å². The first-order chi connectivity index (χ1) is 23.1. The molecule has 48 heavy (non-hydrogen) atoms. The van der Waals surface area contributed by atoms with Crippen molar-refractivity contribution >= 4 is 58.2 Å². The molecular weight excluding hydrogens is 743 g/mol. The molecule has 0 aromatic carbocycles. The summed E-state index contributed by atoms with van der Waals surface area (Å²) in [5, 5.41) is 28.5. The first-order valence-corrected chi connectivity index (χ1v) is 18.5. The minimum Gasteiger partial charge on any atom is -0.481 e. The summed E-state index contributed by atoms with van der Waals surface area (Å²) in [7, 11) is 0. The molecule has 0 aliphatic heterocycles. The number of alkyl halides is 1. The average Bonchev–Trinajstić information content (AvgIpc) is 3.05. The molecule has 0 saturated heterocycles. The lowest BCUT2D eigenvalue weighted by Gasteiger charge is -2.14. The van der Waals surface area contributed by atoms with Gasteiger partial charge < -0.3 is 45.7 Å². The van der Waals surface area contributed by atoms with Gasteiger partial charge in [0.15, 0.2) is 0 Å². The number of nitrogens with one attached hydrogen (secondary N) is 4. The van der Waals surface area contributed by atoms with Crippen LogP contribution in [0.4, 0.5) is 0 Å². The molecule has 0 heterocycles. The maximum Gasteiger partial charge on any atom is 0.326 e. The third-order valence-electron chi connectivity index (χ3n) is 7.02. The first-order valence-electron chi connectivity index (χ1n) is 17.0. The molecule has 0 aromatic heterocycles. The van der Waals surface area contributed by atoms with E-state index in [9.17, 15) is 33.9 Å². The Morgan fingerprint density at radius 2 is 0.979 bits per heavy atom. The van der Waals surface area contributed by atoms with Crippen molar-refractivity contribution in [3.05, 3.63) is 0 Å². The van der Waals surface area contributed by atoms with Crippen LogP contribution in [0.2, 0.25) is 0 Å². The Balaban J connectivity index is 3.70. The molecule has 1 atom stereocenters. The van der Waals surface area contributed by atoms with E-state index in [4.69, 9.17) is 19.3 Å². The van der Waals surface area contributed by atoms with Crippen molar-refractivity contribution in [1.29, 1.82) is 0 Å². The molecule has 0 aliphatic rings. The zero-order valence-electron chi connectivity index (χ0n) is 28.2. The SMILES string of the molecule is O=C(O)CCCCCCCCCCCCCC(=O)N[C@H](CCC(=O)NCCOCCOCC(=O)NCCOCCNC(=O)CI)C(=O)O. The summed E-state index contributed by atoms with van der Waals surface area (Å²) < 4.78 is 16.3. The molecule has 0 fully saturated rings. The normalized spacial score (nSPS) is 11.4. The third-order valence-corrected chi connectivity index (χ3v) is 7.71. The van der Waals surface area contributed by atoms with Crippen LogP contribution in [-0.4, -0.2) is 116 Å². The van der Waals surface area contributed by atoms with Crippen LogP contribution in [0.5, 0.6) is 0 Å². The fourth-order valence-electron chi connectivity index (χ4n) is 4.41. The third kappa shape index (κ3) is 32.0. The predicted octanol–water partition coefficient (Wildman–Crippen LogP) is 2.33. The number of carboxylic acid groups (broad SMARTS) is 2. The van der Waals surface area contributed by atoms with Crippen LogP contribution >= 0.6 is 22.6 Å². The highest BCUT2D eigenvalue weighted by atomic mass is 127. The van der Waals surface area contributed by atoms with E-state index in [-0.39, 0.29) is 82.3 Å². The molecule has 4 amide bonds. The molecule has 0 rings (SSSR count). The van der Waals surface area contributed by atoms with E-state index < -0.39 is 18.0 Å². The second-order valence-corrected chi connectivity index (χ2v) is 12.0. The van der Waals surface area contributed by atoms with Crippen molar-refractivity contribution in [3.8, 4) is 0 Å². The van der Waals surface area contributed by atoms with Crippen molar-refractivity contribution in [1.82, 2.24) is 21.3 Å². The van der Waals surface area contributed by atoms with Crippen LogP contribution in [0.3, 0.4) is 0 Å². The van der Waals surface area contributed by atoms with E-state index in [1.54, 1.807) is 0 Å². The number of halogens is 1. The summed E-state index contributed by atoms with van der Waals surface area (Å²) in [5.41, 5.74) is 0. The lowest BCUT2D eigenvalue weighted by Crippen LogP contribution is -2.41. The predicted molar refractivity (Wildman–Crippen MR) is 187 cm³/mol. The molecule has 0 saturated carbocycles. The van der Waals surface area contributed by atoms with Crippen LogP contribution in [0.25, 0.3) is 0 Å². The first kappa shape index (κ1) is 45.4. The number of carbonyl (C=O) groups excluding carboxylic acids is 4. The van der Waals surface area contributed by atoms with Gasteiger partial charge in [-0.05, 0) is 19.3 Å². The molecule has 0 spiro atoms. The highest BCUT2D eigenvalue weighted by molar-refractivity contribution is 14.1. The molecule has 15 nitrogen and oxygen atoms in total. The van der Waals surface area contributed by atoms with Gasteiger partial charge in [-0.25, -0.2) is 4.79 Å². The number of hydrogen-bond donors (Lipinski definition) is 6. The van der Waals surface area contributed by atoms with Gasteiger partial charge in [-0.3, -0.25) is 24.0 Å². The Hall–Kier alpha value is -2.57. The van der Waals surface area contributed by atoms with Crippen LogP contribution < -0.4 is 21.3 Å². The van der Waals surface area contributed by atoms with E-state index in [2.05, 4.69) is 21.3 Å². The quantitative estimate of drug-likeness (QED) is 0.0315. The van der Waals surface area contributed by atoms with Gasteiger partial charge >= 0.3 is 11.9 Å². The Kier molecular flexibility index (Phi) is 31.2. The van der Waals surface area contributed by atoms with Gasteiger partial charge in [0, 0.05) is 38.9 Å². The fourth-order valence-corrected chi connectivity index (χ4v) is 4.68.